The van der Waals surface area contributed by atoms with Gasteiger partial charge in [-0.2, -0.15) is 10.1 Å². The Morgan fingerprint density at radius 3 is 2.58 bits per heavy atom. The van der Waals surface area contributed by atoms with Crippen molar-refractivity contribution < 1.29 is 0 Å². The van der Waals surface area contributed by atoms with Crippen LogP contribution in [0, 0.1) is 20.8 Å². The van der Waals surface area contributed by atoms with E-state index in [4.69, 9.17) is 0 Å². The Balaban J connectivity index is 1.69. The lowest BCUT2D eigenvalue weighted by atomic mass is 10.1. The van der Waals surface area contributed by atoms with Crippen LogP contribution in [0.15, 0.2) is 48.7 Å². The second-order valence-electron chi connectivity index (χ2n) is 5.95. The third-order valence-corrected chi connectivity index (χ3v) is 3.74. The van der Waals surface area contributed by atoms with Gasteiger partial charge >= 0.3 is 0 Å². The summed E-state index contributed by atoms with van der Waals surface area (Å²) < 4.78 is 0. The summed E-state index contributed by atoms with van der Waals surface area (Å²) in [6.45, 7) is 6.89. The van der Waals surface area contributed by atoms with Gasteiger partial charge in [0.2, 0.25) is 5.95 Å². The van der Waals surface area contributed by atoms with Crippen molar-refractivity contribution in [1.29, 1.82) is 0 Å². The van der Waals surface area contributed by atoms with Crippen molar-refractivity contribution in [2.75, 3.05) is 10.6 Å². The minimum atomic E-state index is 0.506. The van der Waals surface area contributed by atoms with E-state index in [1.54, 1.807) is 6.20 Å². The van der Waals surface area contributed by atoms with E-state index in [-0.39, 0.29) is 0 Å². The Labute approximate surface area is 142 Å². The predicted molar refractivity (Wildman–Crippen MR) is 97.5 cm³/mol. The number of hydrogen-bond acceptors (Lipinski definition) is 5. The molecule has 0 fully saturated rings. The fraction of sp³-hybridized carbons (Fsp3) is 0.211. The molecule has 3 rings (SSSR count). The summed E-state index contributed by atoms with van der Waals surface area (Å²) in [5, 5.41) is 14.6. The molecule has 0 radical (unpaired) electrons. The van der Waals surface area contributed by atoms with Crippen LogP contribution in [0.2, 0.25) is 0 Å². The van der Waals surface area contributed by atoms with Gasteiger partial charge in [0.05, 0.1) is 6.20 Å². The standard InChI is InChI=1S/C19H21N5/c1-13-5-4-6-16(10-13)11-20-19-23-18(12-21-24-19)22-17-8-7-14(2)9-15(17)3/h4-10,12H,11H2,1-3H3,(H2,20,22,23,24). The molecule has 122 valence electrons. The normalized spacial score (nSPS) is 10.5. The van der Waals surface area contributed by atoms with Crippen LogP contribution in [0.3, 0.4) is 0 Å². The number of aryl methyl sites for hydroxylation is 3. The topological polar surface area (TPSA) is 62.7 Å². The molecule has 24 heavy (non-hydrogen) atoms. The minimum absolute atomic E-state index is 0.506. The Morgan fingerprint density at radius 2 is 1.79 bits per heavy atom. The van der Waals surface area contributed by atoms with Crippen LogP contribution in [0.4, 0.5) is 17.5 Å². The number of nitrogens with one attached hydrogen (secondary N) is 2. The van der Waals surface area contributed by atoms with Gasteiger partial charge < -0.3 is 10.6 Å². The molecule has 0 atom stereocenters. The van der Waals surface area contributed by atoms with Crippen LogP contribution in [-0.2, 0) is 6.54 Å². The summed E-state index contributed by atoms with van der Waals surface area (Å²) in [6.07, 6.45) is 1.62. The van der Waals surface area contributed by atoms with E-state index in [9.17, 15) is 0 Å². The molecule has 5 nitrogen and oxygen atoms in total. The molecule has 1 heterocycles. The van der Waals surface area contributed by atoms with Crippen molar-refractivity contribution in [3.05, 3.63) is 70.9 Å². The van der Waals surface area contributed by atoms with E-state index in [1.165, 1.54) is 22.3 Å². The third-order valence-electron chi connectivity index (χ3n) is 3.74. The van der Waals surface area contributed by atoms with Crippen molar-refractivity contribution in [2.45, 2.75) is 27.3 Å². The number of hydrogen-bond donors (Lipinski definition) is 2. The summed E-state index contributed by atoms with van der Waals surface area (Å²) in [4.78, 5) is 4.47. The molecule has 0 amide bonds. The highest BCUT2D eigenvalue weighted by Crippen LogP contribution is 2.20. The second kappa shape index (κ2) is 7.08. The molecule has 1 aromatic heterocycles. The Kier molecular flexibility index (Phi) is 4.70. The van der Waals surface area contributed by atoms with Gasteiger partial charge in [-0.25, -0.2) is 0 Å². The van der Waals surface area contributed by atoms with Crippen molar-refractivity contribution in [2.24, 2.45) is 0 Å². The predicted octanol–water partition coefficient (Wildman–Crippen LogP) is 4.15. The molecular formula is C19H21N5. The quantitative estimate of drug-likeness (QED) is 0.739. The molecule has 2 aromatic carbocycles. The lowest BCUT2D eigenvalue weighted by molar-refractivity contribution is 0.948. The zero-order valence-electron chi connectivity index (χ0n) is 14.2. The highest BCUT2D eigenvalue weighted by molar-refractivity contribution is 5.60. The highest BCUT2D eigenvalue weighted by Gasteiger charge is 2.04. The number of nitrogens with zero attached hydrogens (tertiary/aromatic N) is 3. The zero-order chi connectivity index (χ0) is 16.9. The van der Waals surface area contributed by atoms with E-state index >= 15 is 0 Å². The molecule has 0 aliphatic carbocycles. The minimum Gasteiger partial charge on any atom is -0.349 e. The second-order valence-corrected chi connectivity index (χ2v) is 5.95. The summed E-state index contributed by atoms with van der Waals surface area (Å²) >= 11 is 0. The molecule has 5 heteroatoms. The number of anilines is 3. The number of rotatable bonds is 5. The fourth-order valence-electron chi connectivity index (χ4n) is 2.53. The van der Waals surface area contributed by atoms with E-state index < -0.39 is 0 Å². The molecule has 3 aromatic rings. The van der Waals surface area contributed by atoms with Gasteiger partial charge in [0.15, 0.2) is 5.82 Å². The molecule has 0 saturated heterocycles. The van der Waals surface area contributed by atoms with E-state index in [2.05, 4.69) is 76.9 Å². The smallest absolute Gasteiger partial charge is 0.244 e. The molecule has 0 unspecified atom stereocenters. The maximum atomic E-state index is 4.47. The summed E-state index contributed by atoms with van der Waals surface area (Å²) in [6, 6.07) is 14.6. The Bertz CT molecular complexity index is 845. The summed E-state index contributed by atoms with van der Waals surface area (Å²) in [5.41, 5.74) is 5.85. The first-order valence-corrected chi connectivity index (χ1v) is 7.93. The molecule has 0 aliphatic heterocycles. The van der Waals surface area contributed by atoms with Gasteiger partial charge in [0.25, 0.3) is 0 Å². The summed E-state index contributed by atoms with van der Waals surface area (Å²) in [7, 11) is 0. The van der Waals surface area contributed by atoms with Gasteiger partial charge in [-0.1, -0.05) is 47.5 Å². The van der Waals surface area contributed by atoms with Crippen LogP contribution in [0.5, 0.6) is 0 Å². The molecule has 0 bridgehead atoms. The SMILES string of the molecule is Cc1cccc(CNc2nncc(Nc3ccc(C)cc3C)n2)c1. The van der Waals surface area contributed by atoms with Crippen molar-refractivity contribution >= 4 is 17.5 Å². The van der Waals surface area contributed by atoms with Gasteiger partial charge in [-0.05, 0) is 38.0 Å². The Hall–Kier alpha value is -2.95. The first-order valence-electron chi connectivity index (χ1n) is 7.93. The van der Waals surface area contributed by atoms with Gasteiger partial charge in [-0.15, -0.1) is 5.10 Å². The maximum absolute atomic E-state index is 4.47. The number of aromatic nitrogens is 3. The van der Waals surface area contributed by atoms with Crippen LogP contribution < -0.4 is 10.6 Å². The lowest BCUT2D eigenvalue weighted by Gasteiger charge is -2.10. The lowest BCUT2D eigenvalue weighted by Crippen LogP contribution is -2.06. The van der Waals surface area contributed by atoms with Crippen molar-refractivity contribution in [3.8, 4) is 0 Å². The number of benzene rings is 2. The Morgan fingerprint density at radius 1 is 0.958 bits per heavy atom. The fourth-order valence-corrected chi connectivity index (χ4v) is 2.53. The first-order chi connectivity index (χ1) is 11.6. The van der Waals surface area contributed by atoms with Crippen LogP contribution in [0.25, 0.3) is 0 Å². The molecular weight excluding hydrogens is 298 g/mol. The van der Waals surface area contributed by atoms with E-state index in [0.29, 0.717) is 18.3 Å². The van der Waals surface area contributed by atoms with Crippen molar-refractivity contribution in [3.63, 3.8) is 0 Å². The molecule has 0 saturated carbocycles. The van der Waals surface area contributed by atoms with Gasteiger partial charge in [0, 0.05) is 12.2 Å². The third kappa shape index (κ3) is 4.07. The van der Waals surface area contributed by atoms with E-state index in [0.717, 1.165) is 5.69 Å². The largest absolute Gasteiger partial charge is 0.349 e. The van der Waals surface area contributed by atoms with Crippen molar-refractivity contribution in [1.82, 2.24) is 15.2 Å². The van der Waals surface area contributed by atoms with Gasteiger partial charge in [-0.3, -0.25) is 0 Å². The maximum Gasteiger partial charge on any atom is 0.244 e. The summed E-state index contributed by atoms with van der Waals surface area (Å²) in [5.74, 6) is 1.18. The van der Waals surface area contributed by atoms with Crippen LogP contribution in [-0.4, -0.2) is 15.2 Å². The average Bonchev–Trinajstić information content (AvgIpc) is 2.56. The highest BCUT2D eigenvalue weighted by atomic mass is 15.3. The molecule has 2 N–H and O–H groups in total. The zero-order valence-corrected chi connectivity index (χ0v) is 14.2. The molecule has 0 aliphatic rings. The van der Waals surface area contributed by atoms with Crippen LogP contribution >= 0.6 is 0 Å². The first kappa shape index (κ1) is 15.9. The monoisotopic (exact) mass is 319 g/mol. The van der Waals surface area contributed by atoms with Gasteiger partial charge in [0.1, 0.15) is 0 Å². The average molecular weight is 319 g/mol. The molecule has 0 spiro atoms. The van der Waals surface area contributed by atoms with E-state index in [1.807, 2.05) is 12.1 Å². The van der Waals surface area contributed by atoms with Crippen LogP contribution in [0.1, 0.15) is 22.3 Å².